The van der Waals surface area contributed by atoms with E-state index in [1.165, 1.54) is 4.68 Å². The van der Waals surface area contributed by atoms with Crippen molar-refractivity contribution >= 4 is 21.5 Å². The number of aliphatic hydroxyl groups is 1. The van der Waals surface area contributed by atoms with Crippen molar-refractivity contribution in [1.82, 2.24) is 9.78 Å². The molecule has 3 N–H and O–H groups in total. The fourth-order valence-electron chi connectivity index (χ4n) is 2.05. The van der Waals surface area contributed by atoms with Crippen LogP contribution in [0.5, 0.6) is 0 Å². The molecule has 1 aliphatic heterocycles. The minimum Gasteiger partial charge on any atom is -0.394 e. The lowest BCUT2D eigenvalue weighted by molar-refractivity contribution is 0.122. The average Bonchev–Trinajstić information content (AvgIpc) is 2.68. The van der Waals surface area contributed by atoms with E-state index in [4.69, 9.17) is 15.6 Å². The quantitative estimate of drug-likeness (QED) is 0.709. The molecule has 0 bridgehead atoms. The van der Waals surface area contributed by atoms with Crippen LogP contribution in [0.2, 0.25) is 0 Å². The van der Waals surface area contributed by atoms with Gasteiger partial charge >= 0.3 is 0 Å². The van der Waals surface area contributed by atoms with Crippen LogP contribution < -0.4 is 10.6 Å². The number of nitrogens with two attached hydrogens (primary N) is 1. The Morgan fingerprint density at radius 2 is 2.05 bits per heavy atom. The van der Waals surface area contributed by atoms with E-state index >= 15 is 0 Å². The Balaban J connectivity index is 2.48. The highest BCUT2D eigenvalue weighted by molar-refractivity contribution is 7.91. The number of rotatable bonds is 4. The summed E-state index contributed by atoms with van der Waals surface area (Å²) in [4.78, 5) is 1.87. The van der Waals surface area contributed by atoms with E-state index in [0.717, 1.165) is 6.26 Å². The van der Waals surface area contributed by atoms with Crippen LogP contribution >= 0.6 is 0 Å². The van der Waals surface area contributed by atoms with Crippen molar-refractivity contribution in [3.05, 3.63) is 0 Å². The third kappa shape index (κ3) is 2.82. The van der Waals surface area contributed by atoms with Crippen molar-refractivity contribution in [3.63, 3.8) is 0 Å². The van der Waals surface area contributed by atoms with Gasteiger partial charge in [0.25, 0.3) is 0 Å². The maximum Gasteiger partial charge on any atom is 0.182 e. The summed E-state index contributed by atoms with van der Waals surface area (Å²) in [7, 11) is -3.48. The summed E-state index contributed by atoms with van der Waals surface area (Å²) < 4.78 is 30.3. The largest absolute Gasteiger partial charge is 0.394 e. The predicted octanol–water partition coefficient (Wildman–Crippen LogP) is -1.30. The van der Waals surface area contributed by atoms with Gasteiger partial charge in [-0.15, -0.1) is 0 Å². The lowest BCUT2D eigenvalue weighted by Crippen LogP contribution is -2.37. The molecular weight excluding hydrogens is 272 g/mol. The van der Waals surface area contributed by atoms with Crippen LogP contribution in [0, 0.1) is 0 Å². The van der Waals surface area contributed by atoms with Crippen molar-refractivity contribution in [2.24, 2.45) is 0 Å². The zero-order valence-corrected chi connectivity index (χ0v) is 11.6. The molecule has 0 radical (unpaired) electrons. The Hall–Kier alpha value is -1.32. The number of hydrogen-bond donors (Lipinski definition) is 2. The number of ether oxygens (including phenoxy) is 1. The number of nitrogens with zero attached hydrogens (tertiary/aromatic N) is 3. The highest BCUT2D eigenvalue weighted by atomic mass is 32.2. The van der Waals surface area contributed by atoms with Crippen LogP contribution in [0.15, 0.2) is 4.90 Å². The third-order valence-electron chi connectivity index (χ3n) is 2.92. The lowest BCUT2D eigenvalue weighted by atomic mass is 10.4. The fraction of sp³-hybridized carbons (Fsp3) is 0.700. The summed E-state index contributed by atoms with van der Waals surface area (Å²) in [5.74, 6) is 0.412. The van der Waals surface area contributed by atoms with E-state index in [1.54, 1.807) is 0 Å². The Morgan fingerprint density at radius 1 is 1.42 bits per heavy atom. The van der Waals surface area contributed by atoms with Gasteiger partial charge < -0.3 is 20.5 Å². The first-order valence-electron chi connectivity index (χ1n) is 5.95. The molecule has 0 atom stereocenters. The molecule has 0 unspecified atom stereocenters. The minimum atomic E-state index is -3.48. The number of morpholine rings is 1. The van der Waals surface area contributed by atoms with Gasteiger partial charge in [-0.1, -0.05) is 0 Å². The molecule has 1 saturated heterocycles. The average molecular weight is 290 g/mol. The molecule has 0 amide bonds. The monoisotopic (exact) mass is 290 g/mol. The first kappa shape index (κ1) is 14.1. The smallest absolute Gasteiger partial charge is 0.182 e. The van der Waals surface area contributed by atoms with E-state index in [9.17, 15) is 8.42 Å². The first-order valence-corrected chi connectivity index (χ1v) is 7.84. The molecule has 108 valence electrons. The molecule has 1 aromatic rings. The molecule has 0 aliphatic carbocycles. The second-order valence-corrected chi connectivity index (χ2v) is 6.31. The van der Waals surface area contributed by atoms with Gasteiger partial charge in [-0.2, -0.15) is 5.10 Å². The van der Waals surface area contributed by atoms with Crippen molar-refractivity contribution in [2.45, 2.75) is 11.4 Å². The van der Waals surface area contributed by atoms with E-state index in [2.05, 4.69) is 5.10 Å². The van der Waals surface area contributed by atoms with Gasteiger partial charge in [-0.3, -0.25) is 0 Å². The van der Waals surface area contributed by atoms with Crippen LogP contribution in [-0.2, 0) is 21.1 Å². The fourth-order valence-corrected chi connectivity index (χ4v) is 3.04. The van der Waals surface area contributed by atoms with Gasteiger partial charge in [0.1, 0.15) is 5.82 Å². The molecule has 1 fully saturated rings. The van der Waals surface area contributed by atoms with Crippen LogP contribution in [0.3, 0.4) is 0 Å². The van der Waals surface area contributed by atoms with Crippen molar-refractivity contribution in [2.75, 3.05) is 49.8 Å². The van der Waals surface area contributed by atoms with Gasteiger partial charge in [0, 0.05) is 19.3 Å². The van der Waals surface area contributed by atoms with E-state index in [-0.39, 0.29) is 23.9 Å². The highest BCUT2D eigenvalue weighted by Gasteiger charge is 2.28. The molecule has 2 rings (SSSR count). The molecule has 1 aromatic heterocycles. The van der Waals surface area contributed by atoms with Gasteiger partial charge in [-0.05, 0) is 0 Å². The SMILES string of the molecule is CS(=O)(=O)c1c(N2CCOCC2)nn(CCO)c1N. The first-order chi connectivity index (χ1) is 8.95. The van der Waals surface area contributed by atoms with Gasteiger partial charge in [-0.25, -0.2) is 13.1 Å². The number of nitrogen functional groups attached to an aromatic ring is 1. The summed E-state index contributed by atoms with van der Waals surface area (Å²) in [5, 5.41) is 13.2. The highest BCUT2D eigenvalue weighted by Crippen LogP contribution is 2.30. The standard InChI is InChI=1S/C10H18N4O4S/c1-19(16,17)8-9(11)14(2-5-15)12-10(8)13-3-6-18-7-4-13/h15H,2-7,11H2,1H3. The van der Waals surface area contributed by atoms with Crippen molar-refractivity contribution in [3.8, 4) is 0 Å². The van der Waals surface area contributed by atoms with Gasteiger partial charge in [0.05, 0.1) is 26.4 Å². The second-order valence-electron chi connectivity index (χ2n) is 4.36. The van der Waals surface area contributed by atoms with Gasteiger partial charge in [0.15, 0.2) is 20.6 Å². The predicted molar refractivity (Wildman–Crippen MR) is 69.9 cm³/mol. The molecule has 0 aromatic carbocycles. The molecule has 9 heteroatoms. The number of sulfone groups is 1. The summed E-state index contributed by atoms with van der Waals surface area (Å²) in [6.45, 7) is 2.19. The lowest BCUT2D eigenvalue weighted by Gasteiger charge is -2.27. The Labute approximate surface area is 111 Å². The van der Waals surface area contributed by atoms with Crippen LogP contribution in [-0.4, -0.2) is 62.5 Å². The molecule has 8 nitrogen and oxygen atoms in total. The van der Waals surface area contributed by atoms with Crippen LogP contribution in [0.25, 0.3) is 0 Å². The summed E-state index contributed by atoms with van der Waals surface area (Å²) in [6, 6.07) is 0. The van der Waals surface area contributed by atoms with Crippen molar-refractivity contribution in [1.29, 1.82) is 0 Å². The van der Waals surface area contributed by atoms with E-state index < -0.39 is 9.84 Å². The minimum absolute atomic E-state index is 0.0304. The molecule has 2 heterocycles. The maximum atomic E-state index is 11.9. The number of aliphatic hydroxyl groups excluding tert-OH is 1. The zero-order chi connectivity index (χ0) is 14.0. The normalized spacial score (nSPS) is 16.8. The van der Waals surface area contributed by atoms with Gasteiger partial charge in [0.2, 0.25) is 0 Å². The van der Waals surface area contributed by atoms with Crippen molar-refractivity contribution < 1.29 is 18.3 Å². The topological polar surface area (TPSA) is 111 Å². The molecule has 19 heavy (non-hydrogen) atoms. The third-order valence-corrected chi connectivity index (χ3v) is 4.06. The number of hydrogen-bond acceptors (Lipinski definition) is 7. The summed E-state index contributed by atoms with van der Waals surface area (Å²) in [6.07, 6.45) is 1.10. The molecular formula is C10H18N4O4S. The second kappa shape index (κ2) is 5.35. The molecule has 0 spiro atoms. The van der Waals surface area contributed by atoms with Crippen LogP contribution in [0.4, 0.5) is 11.6 Å². The Bertz CT molecular complexity index is 548. The van der Waals surface area contributed by atoms with E-state index in [0.29, 0.717) is 32.1 Å². The molecule has 0 saturated carbocycles. The number of aromatic nitrogens is 2. The molecule has 1 aliphatic rings. The zero-order valence-electron chi connectivity index (χ0n) is 10.7. The Kier molecular flexibility index (Phi) is 3.97. The summed E-state index contributed by atoms with van der Waals surface area (Å²) in [5.41, 5.74) is 5.84. The number of anilines is 2. The summed E-state index contributed by atoms with van der Waals surface area (Å²) >= 11 is 0. The van der Waals surface area contributed by atoms with E-state index in [1.807, 2.05) is 4.90 Å². The Morgan fingerprint density at radius 3 is 2.58 bits per heavy atom. The maximum absolute atomic E-state index is 11.9. The van der Waals surface area contributed by atoms with Crippen LogP contribution in [0.1, 0.15) is 0 Å².